The Kier molecular flexibility index (Phi) is 9.84. The third-order valence-electron chi connectivity index (χ3n) is 2.33. The summed E-state index contributed by atoms with van der Waals surface area (Å²) in [6, 6.07) is 0. The van der Waals surface area contributed by atoms with E-state index >= 15 is 0 Å². The summed E-state index contributed by atoms with van der Waals surface area (Å²) in [6.07, 6.45) is -3.03. The van der Waals surface area contributed by atoms with Gasteiger partial charge in [0.05, 0.1) is 21.3 Å². The molecule has 0 saturated carbocycles. The van der Waals surface area contributed by atoms with Crippen LogP contribution in [0.4, 0.5) is 0 Å². The van der Waals surface area contributed by atoms with Crippen molar-refractivity contribution in [2.24, 2.45) is 0 Å². The molecule has 10 heteroatoms. The fourth-order valence-corrected chi connectivity index (χ4v) is 2.27. The van der Waals surface area contributed by atoms with E-state index in [1.165, 1.54) is 42.1 Å². The summed E-state index contributed by atoms with van der Waals surface area (Å²) in [5.74, 6) is -1.97. The van der Waals surface area contributed by atoms with E-state index in [-0.39, 0.29) is 0 Å². The number of hydrogen-bond acceptors (Lipinski definition) is 9. The van der Waals surface area contributed by atoms with Crippen LogP contribution in [0, 0.1) is 0 Å². The first-order chi connectivity index (χ1) is 10.3. The second-order valence-electron chi connectivity index (χ2n) is 4.04. The van der Waals surface area contributed by atoms with E-state index in [0.29, 0.717) is 0 Å². The van der Waals surface area contributed by atoms with E-state index in [9.17, 15) is 14.4 Å². The number of esters is 3. The Hall–Kier alpha value is -1.28. The highest BCUT2D eigenvalue weighted by molar-refractivity contribution is 7.41. The summed E-state index contributed by atoms with van der Waals surface area (Å²) in [4.78, 5) is 34.1. The zero-order valence-electron chi connectivity index (χ0n) is 13.4. The lowest BCUT2D eigenvalue weighted by atomic mass is 10.4. The molecule has 0 rings (SSSR count). The van der Waals surface area contributed by atoms with Crippen LogP contribution in [0.15, 0.2) is 0 Å². The van der Waals surface area contributed by atoms with Gasteiger partial charge in [-0.25, -0.2) is 14.4 Å². The van der Waals surface area contributed by atoms with Crippen molar-refractivity contribution in [1.82, 2.24) is 0 Å². The minimum absolute atomic E-state index is 0.656. The topological polar surface area (TPSA) is 107 Å². The van der Waals surface area contributed by atoms with Crippen LogP contribution >= 0.6 is 8.60 Å². The Morgan fingerprint density at radius 2 is 0.864 bits per heavy atom. The molecule has 0 heterocycles. The molecule has 9 nitrogen and oxygen atoms in total. The summed E-state index contributed by atoms with van der Waals surface area (Å²) in [5.41, 5.74) is 0. The van der Waals surface area contributed by atoms with Gasteiger partial charge in [0, 0.05) is 0 Å². The Morgan fingerprint density at radius 1 is 0.636 bits per heavy atom. The average Bonchev–Trinajstić information content (AvgIpc) is 2.51. The lowest BCUT2D eigenvalue weighted by molar-refractivity contribution is -0.152. The Bertz CT molecular complexity index is 330. The number of rotatable bonds is 9. The van der Waals surface area contributed by atoms with Gasteiger partial charge in [-0.15, -0.1) is 0 Å². The SMILES string of the molecule is COC(=O)C(C)OP(OC(C)C(=O)OC)OC(C)C(=O)OC. The van der Waals surface area contributed by atoms with Crippen LogP contribution in [0.5, 0.6) is 0 Å². The minimum atomic E-state index is -2.20. The van der Waals surface area contributed by atoms with Crippen molar-refractivity contribution in [2.75, 3.05) is 21.3 Å². The summed E-state index contributed by atoms with van der Waals surface area (Å²) in [7, 11) is 1.39. The van der Waals surface area contributed by atoms with Crippen LogP contribution in [-0.2, 0) is 42.2 Å². The van der Waals surface area contributed by atoms with E-state index in [4.69, 9.17) is 13.6 Å². The molecule has 0 bridgehead atoms. The smallest absolute Gasteiger partial charge is 0.335 e. The summed E-state index contributed by atoms with van der Waals surface area (Å²) in [6.45, 7) is 4.25. The van der Waals surface area contributed by atoms with E-state index in [1.807, 2.05) is 0 Å². The predicted octanol–water partition coefficient (Wildman–Crippen LogP) is 0.948. The molecule has 0 fully saturated rings. The van der Waals surface area contributed by atoms with Crippen LogP contribution in [-0.4, -0.2) is 57.5 Å². The normalized spacial score (nSPS) is 16.1. The molecule has 0 aromatic heterocycles. The Balaban J connectivity index is 4.86. The number of carbonyl (C=O) groups is 3. The van der Waals surface area contributed by atoms with E-state index in [0.717, 1.165) is 0 Å². The molecule has 0 N–H and O–H groups in total. The number of methoxy groups -OCH3 is 3. The fourth-order valence-electron chi connectivity index (χ4n) is 1.09. The van der Waals surface area contributed by atoms with Crippen molar-refractivity contribution in [3.05, 3.63) is 0 Å². The first kappa shape index (κ1) is 20.7. The first-order valence-corrected chi connectivity index (χ1v) is 7.40. The van der Waals surface area contributed by atoms with Gasteiger partial charge in [0.1, 0.15) is 0 Å². The van der Waals surface area contributed by atoms with Crippen LogP contribution in [0.3, 0.4) is 0 Å². The number of carbonyl (C=O) groups excluding carboxylic acids is 3. The maximum Gasteiger partial charge on any atom is 0.335 e. The highest BCUT2D eigenvalue weighted by atomic mass is 31.2. The van der Waals surface area contributed by atoms with Gasteiger partial charge in [0.25, 0.3) is 0 Å². The molecule has 0 spiro atoms. The lowest BCUT2D eigenvalue weighted by Gasteiger charge is -2.23. The van der Waals surface area contributed by atoms with Crippen molar-refractivity contribution in [3.63, 3.8) is 0 Å². The van der Waals surface area contributed by atoms with Gasteiger partial charge in [-0.05, 0) is 20.8 Å². The van der Waals surface area contributed by atoms with Crippen molar-refractivity contribution in [2.45, 2.75) is 39.1 Å². The molecule has 0 radical (unpaired) electrons. The third-order valence-corrected chi connectivity index (χ3v) is 3.80. The molecule has 22 heavy (non-hydrogen) atoms. The molecule has 128 valence electrons. The van der Waals surface area contributed by atoms with Crippen molar-refractivity contribution in [3.8, 4) is 0 Å². The van der Waals surface area contributed by atoms with Gasteiger partial charge in [-0.3, -0.25) is 13.6 Å². The molecular formula is C12H21O9P. The van der Waals surface area contributed by atoms with Crippen molar-refractivity contribution >= 4 is 26.5 Å². The summed E-state index contributed by atoms with van der Waals surface area (Å²) >= 11 is 0. The van der Waals surface area contributed by atoms with Gasteiger partial charge in [-0.1, -0.05) is 0 Å². The van der Waals surface area contributed by atoms with Crippen molar-refractivity contribution in [1.29, 1.82) is 0 Å². The van der Waals surface area contributed by atoms with Gasteiger partial charge < -0.3 is 14.2 Å². The molecule has 0 aromatic rings. The van der Waals surface area contributed by atoms with E-state index < -0.39 is 44.8 Å². The van der Waals surface area contributed by atoms with E-state index in [2.05, 4.69) is 14.2 Å². The lowest BCUT2D eigenvalue weighted by Crippen LogP contribution is -2.27. The number of hydrogen-bond donors (Lipinski definition) is 0. The molecule has 0 saturated heterocycles. The molecule has 3 unspecified atom stereocenters. The van der Waals surface area contributed by atoms with Crippen LogP contribution in [0.1, 0.15) is 20.8 Å². The molecule has 0 aliphatic carbocycles. The Morgan fingerprint density at radius 3 is 1.05 bits per heavy atom. The molecule has 3 atom stereocenters. The summed E-state index contributed by atoms with van der Waals surface area (Å²) in [5, 5.41) is 0. The standard InChI is InChI=1S/C12H21O9P/c1-7(10(13)16-4)19-22(20-8(2)11(14)17-5)21-9(3)12(15)18-6/h7-9H,1-6H3. The maximum absolute atomic E-state index is 11.4. The average molecular weight is 340 g/mol. The number of ether oxygens (including phenoxy) is 3. The predicted molar refractivity (Wildman–Crippen MR) is 74.6 cm³/mol. The van der Waals surface area contributed by atoms with Gasteiger partial charge >= 0.3 is 26.5 Å². The Labute approximate surface area is 130 Å². The molecule has 0 aliphatic rings. The third kappa shape index (κ3) is 7.13. The van der Waals surface area contributed by atoms with Gasteiger partial charge in [0.15, 0.2) is 18.3 Å². The maximum atomic E-state index is 11.4. The molecule has 0 amide bonds. The van der Waals surface area contributed by atoms with Crippen LogP contribution in [0.2, 0.25) is 0 Å². The largest absolute Gasteiger partial charge is 0.467 e. The van der Waals surface area contributed by atoms with Crippen LogP contribution < -0.4 is 0 Å². The van der Waals surface area contributed by atoms with Gasteiger partial charge in [0.2, 0.25) is 0 Å². The summed E-state index contributed by atoms with van der Waals surface area (Å²) < 4.78 is 29.3. The van der Waals surface area contributed by atoms with Crippen molar-refractivity contribution < 1.29 is 42.2 Å². The highest BCUT2D eigenvalue weighted by Crippen LogP contribution is 2.44. The quantitative estimate of drug-likeness (QED) is 0.344. The first-order valence-electron chi connectivity index (χ1n) is 6.30. The second kappa shape index (κ2) is 10.4. The monoisotopic (exact) mass is 340 g/mol. The second-order valence-corrected chi connectivity index (χ2v) is 5.12. The van der Waals surface area contributed by atoms with Gasteiger partial charge in [-0.2, -0.15) is 0 Å². The van der Waals surface area contributed by atoms with E-state index in [1.54, 1.807) is 0 Å². The molecular weight excluding hydrogens is 319 g/mol. The fraction of sp³-hybridized carbons (Fsp3) is 0.750. The zero-order chi connectivity index (χ0) is 17.3. The molecule has 0 aliphatic heterocycles. The highest BCUT2D eigenvalue weighted by Gasteiger charge is 2.30. The zero-order valence-corrected chi connectivity index (χ0v) is 14.2. The van der Waals surface area contributed by atoms with Crippen LogP contribution in [0.25, 0.3) is 0 Å². The minimum Gasteiger partial charge on any atom is -0.467 e. The molecule has 0 aromatic carbocycles.